The summed E-state index contributed by atoms with van der Waals surface area (Å²) in [5.74, 6) is -0.333. The van der Waals surface area contributed by atoms with Crippen LogP contribution in [-0.2, 0) is 83.3 Å². The SMILES string of the molecule is C=CN(C=C)Cc1ccc(C[n+]2ccn(Cc3ccc(C[n+]4ccn(Cc5ccc(COC(=O)c6ccc(C[n+]7ccn(Cc8ccc(Cn9cc[n+](Cc%10ccc(C[n+]%11ccn(CCCCCCCC)c%11)cc%10)c9)cc8)c7)cc6)cc5)c4)cc3)c2)cc1. The van der Waals surface area contributed by atoms with E-state index in [-0.39, 0.29) is 12.6 Å². The summed E-state index contributed by atoms with van der Waals surface area (Å²) in [5, 5.41) is 0. The van der Waals surface area contributed by atoms with Crippen LogP contribution in [-0.4, -0.2) is 33.7 Å². The highest BCUT2D eigenvalue weighted by molar-refractivity contribution is 5.89. The van der Waals surface area contributed by atoms with Crippen LogP contribution in [0.2, 0.25) is 0 Å². The average Bonchev–Trinajstić information content (AvgIpc) is 4.63. The lowest BCUT2D eigenvalue weighted by Crippen LogP contribution is -2.32. The fourth-order valence-electron chi connectivity index (χ4n) is 11.3. The van der Waals surface area contributed by atoms with Crippen molar-refractivity contribution >= 4 is 5.97 Å². The summed E-state index contributed by atoms with van der Waals surface area (Å²) in [5.41, 5.74) is 13.9. The second-order valence-corrected chi connectivity index (χ2v) is 23.5. The lowest BCUT2D eigenvalue weighted by Gasteiger charge is -2.14. The zero-order chi connectivity index (χ0) is 60.3. The van der Waals surface area contributed by atoms with E-state index >= 15 is 0 Å². The van der Waals surface area contributed by atoms with E-state index < -0.39 is 0 Å². The van der Waals surface area contributed by atoms with Gasteiger partial charge in [0.1, 0.15) is 127 Å². The third kappa shape index (κ3) is 17.6. The van der Waals surface area contributed by atoms with Crippen LogP contribution in [0, 0.1) is 0 Å². The Kier molecular flexibility index (Phi) is 20.4. The summed E-state index contributed by atoms with van der Waals surface area (Å²) in [7, 11) is 0. The van der Waals surface area contributed by atoms with Gasteiger partial charge in [-0.2, -0.15) is 0 Å². The number of benzene rings is 6. The van der Waals surface area contributed by atoms with Crippen molar-refractivity contribution in [3.05, 3.63) is 332 Å². The molecule has 0 N–H and O–H groups in total. The number of aromatic nitrogens is 10. The van der Waals surface area contributed by atoms with Crippen molar-refractivity contribution in [2.45, 2.75) is 124 Å². The number of ether oxygens (including phenoxy) is 1. The van der Waals surface area contributed by atoms with Crippen LogP contribution in [0.15, 0.2) is 265 Å². The van der Waals surface area contributed by atoms with Gasteiger partial charge in [0.2, 0.25) is 31.6 Å². The van der Waals surface area contributed by atoms with Crippen molar-refractivity contribution in [1.29, 1.82) is 0 Å². The number of aryl methyl sites for hydroxylation is 1. The Hall–Kier alpha value is -9.88. The molecule has 0 aliphatic carbocycles. The second-order valence-electron chi connectivity index (χ2n) is 23.5. The van der Waals surface area contributed by atoms with Crippen LogP contribution < -0.4 is 22.8 Å². The molecule has 88 heavy (non-hydrogen) atoms. The summed E-state index contributed by atoms with van der Waals surface area (Å²) in [4.78, 5) is 15.1. The van der Waals surface area contributed by atoms with Gasteiger partial charge in [-0.3, -0.25) is 0 Å². The van der Waals surface area contributed by atoms with E-state index in [1.807, 2.05) is 41.3 Å². The Bertz CT molecular complexity index is 3950. The zero-order valence-electron chi connectivity index (χ0n) is 51.0. The fraction of sp³-hybridized carbons (Fsp3) is 0.253. The molecule has 5 heterocycles. The minimum atomic E-state index is -0.333. The van der Waals surface area contributed by atoms with Crippen LogP contribution in [0.1, 0.15) is 117 Å². The third-order valence-electron chi connectivity index (χ3n) is 16.3. The molecule has 5 aromatic heterocycles. The zero-order valence-corrected chi connectivity index (χ0v) is 51.0. The van der Waals surface area contributed by atoms with Crippen LogP contribution in [0.4, 0.5) is 0 Å². The standard InChI is InChI=1S/C75H84N11O2/c1-4-7-8-9-10-11-36-77-37-38-78(58-77)48-64-16-18-66(19-17-64)50-80-41-42-82(60-80)52-68-24-26-70(27-25-68)54-84-45-46-86(62-84)56-72-32-34-74(35-33-72)75(87)88-57-73-30-28-71(29-31-73)55-85-44-43-83(61-85)53-69-22-20-67(21-23-69)51-81-40-39-79(59-81)49-65-14-12-63(13-15-65)47-76(5-2)6-3/h5-6,12-35,37-46,58-62H,2-4,7-11,36,47-57H2,1H3/q+5. The molecule has 0 spiro atoms. The van der Waals surface area contributed by atoms with Gasteiger partial charge in [0.15, 0.2) is 0 Å². The molecule has 0 unspecified atom stereocenters. The van der Waals surface area contributed by atoms with Gasteiger partial charge < -0.3 is 9.64 Å². The number of hydrogen-bond acceptors (Lipinski definition) is 3. The maximum atomic E-state index is 13.1. The summed E-state index contributed by atoms with van der Waals surface area (Å²) in [6.07, 6.45) is 43.8. The number of hydrogen-bond donors (Lipinski definition) is 0. The van der Waals surface area contributed by atoms with Gasteiger partial charge in [-0.1, -0.05) is 179 Å². The monoisotopic (exact) mass is 1170 g/mol. The van der Waals surface area contributed by atoms with Gasteiger partial charge in [0.25, 0.3) is 0 Å². The molecule has 11 rings (SSSR count). The minimum Gasteiger partial charge on any atom is -0.457 e. The lowest BCUT2D eigenvalue weighted by atomic mass is 10.1. The van der Waals surface area contributed by atoms with E-state index in [1.54, 1.807) is 12.4 Å². The molecule has 0 atom stereocenters. The van der Waals surface area contributed by atoms with Gasteiger partial charge in [-0.15, -0.1) is 0 Å². The maximum absolute atomic E-state index is 13.1. The maximum Gasteiger partial charge on any atom is 0.338 e. The number of carbonyl (C=O) groups excluding carboxylic acids is 1. The number of rotatable bonds is 32. The first kappa shape index (κ1) is 59.8. The number of imidazole rings is 5. The summed E-state index contributed by atoms with van der Waals surface area (Å²) in [6, 6.07) is 51.5. The first-order chi connectivity index (χ1) is 43.2. The number of esters is 1. The van der Waals surface area contributed by atoms with Gasteiger partial charge in [-0.05, 0) is 98.6 Å². The molecule has 0 radical (unpaired) electrons. The highest BCUT2D eigenvalue weighted by Gasteiger charge is 2.15. The van der Waals surface area contributed by atoms with E-state index in [0.717, 1.165) is 76.6 Å². The molecule has 0 amide bonds. The molecule has 11 aromatic rings. The second kappa shape index (κ2) is 30.0. The van der Waals surface area contributed by atoms with E-state index in [1.165, 1.54) is 88.6 Å². The molecule has 0 aliphatic heterocycles. The average molecular weight is 1170 g/mol. The molecule has 6 aromatic carbocycles. The topological polar surface area (TPSA) is 73.6 Å². The van der Waals surface area contributed by atoms with E-state index in [0.29, 0.717) is 12.1 Å². The molecule has 0 saturated carbocycles. The minimum absolute atomic E-state index is 0.211. The van der Waals surface area contributed by atoms with E-state index in [9.17, 15) is 4.79 Å². The van der Waals surface area contributed by atoms with Gasteiger partial charge >= 0.3 is 5.97 Å². The quantitative estimate of drug-likeness (QED) is 0.0240. The Morgan fingerprint density at radius 1 is 0.386 bits per heavy atom. The van der Waals surface area contributed by atoms with Crippen molar-refractivity contribution in [3.63, 3.8) is 0 Å². The third-order valence-corrected chi connectivity index (χ3v) is 16.3. The van der Waals surface area contributed by atoms with Crippen LogP contribution in [0.3, 0.4) is 0 Å². The first-order valence-corrected chi connectivity index (χ1v) is 31.1. The fourth-order valence-corrected chi connectivity index (χ4v) is 11.3. The summed E-state index contributed by atoms with van der Waals surface area (Å²) >= 11 is 0. The normalized spacial score (nSPS) is 11.3. The van der Waals surface area contributed by atoms with Crippen molar-refractivity contribution in [2.24, 2.45) is 0 Å². The highest BCUT2D eigenvalue weighted by Crippen LogP contribution is 2.15. The molecule has 0 aliphatic rings. The Labute approximate surface area is 519 Å². The molecular weight excluding hydrogens is 1090 g/mol. The predicted molar refractivity (Wildman–Crippen MR) is 342 cm³/mol. The Balaban J connectivity index is 0.564. The van der Waals surface area contributed by atoms with Gasteiger partial charge in [0, 0.05) is 6.54 Å². The summed E-state index contributed by atoms with van der Waals surface area (Å²) in [6.45, 7) is 19.2. The molecule has 446 valence electrons. The van der Waals surface area contributed by atoms with Crippen molar-refractivity contribution < 1.29 is 32.4 Å². The van der Waals surface area contributed by atoms with Gasteiger partial charge in [-0.25, -0.2) is 50.5 Å². The van der Waals surface area contributed by atoms with Gasteiger partial charge in [0.05, 0.1) is 12.1 Å². The van der Waals surface area contributed by atoms with Crippen LogP contribution in [0.5, 0.6) is 0 Å². The van der Waals surface area contributed by atoms with E-state index in [4.69, 9.17) is 4.74 Å². The van der Waals surface area contributed by atoms with Crippen LogP contribution in [0.25, 0.3) is 0 Å². The lowest BCUT2D eigenvalue weighted by molar-refractivity contribution is -0.688. The van der Waals surface area contributed by atoms with Crippen molar-refractivity contribution in [2.75, 3.05) is 0 Å². The van der Waals surface area contributed by atoms with Crippen molar-refractivity contribution in [3.8, 4) is 0 Å². The molecule has 13 heteroatoms. The molecular formula is C75H84N11O2+5. The summed E-state index contributed by atoms with van der Waals surface area (Å²) < 4.78 is 28.0. The molecule has 13 nitrogen and oxygen atoms in total. The number of unbranched alkanes of at least 4 members (excludes halogenated alkanes) is 5. The highest BCUT2D eigenvalue weighted by atomic mass is 16.5. The largest absolute Gasteiger partial charge is 0.457 e. The Morgan fingerprint density at radius 2 is 0.682 bits per heavy atom. The molecule has 0 bridgehead atoms. The van der Waals surface area contributed by atoms with Crippen LogP contribution >= 0.6 is 0 Å². The number of carbonyl (C=O) groups is 1. The van der Waals surface area contributed by atoms with Crippen molar-refractivity contribution in [1.82, 2.24) is 27.7 Å². The number of nitrogens with zero attached hydrogens (tertiary/aromatic N) is 11. The smallest absolute Gasteiger partial charge is 0.338 e. The predicted octanol–water partition coefficient (Wildman–Crippen LogP) is 11.4. The Morgan fingerprint density at radius 3 is 1.05 bits per heavy atom. The molecule has 0 saturated heterocycles. The van der Waals surface area contributed by atoms with E-state index in [2.05, 4.69) is 269 Å². The molecule has 0 fully saturated rings. The first-order valence-electron chi connectivity index (χ1n) is 31.1.